The summed E-state index contributed by atoms with van der Waals surface area (Å²) in [5.41, 5.74) is -1.38. The molecule has 6 heteroatoms. The largest absolute Gasteiger partial charge is 0.463 e. The lowest BCUT2D eigenvalue weighted by Gasteiger charge is -2.36. The van der Waals surface area contributed by atoms with Gasteiger partial charge in [0.05, 0.1) is 17.4 Å². The summed E-state index contributed by atoms with van der Waals surface area (Å²) in [5, 5.41) is 9.35. The lowest BCUT2D eigenvalue weighted by Crippen LogP contribution is -2.46. The maximum absolute atomic E-state index is 12.4. The van der Waals surface area contributed by atoms with Crippen LogP contribution in [0.4, 0.5) is 0 Å². The molecule has 0 saturated carbocycles. The van der Waals surface area contributed by atoms with Crippen LogP contribution in [0.5, 0.6) is 0 Å². The Morgan fingerprint density at radius 2 is 1.48 bits per heavy atom. The fourth-order valence-electron chi connectivity index (χ4n) is 1.74. The molecule has 0 unspecified atom stereocenters. The van der Waals surface area contributed by atoms with Gasteiger partial charge in [0.2, 0.25) is 0 Å². The molecule has 0 atom stereocenters. The fraction of sp³-hybridized carbons (Fsp3) is 0.529. The van der Waals surface area contributed by atoms with E-state index < -0.39 is 22.8 Å². The monoisotopic (exact) mass is 342 g/mol. The van der Waals surface area contributed by atoms with Crippen LogP contribution in [-0.4, -0.2) is 30.3 Å². The molecule has 0 aliphatic rings. The molecule has 0 heterocycles. The minimum Gasteiger partial charge on any atom is -0.463 e. The third-order valence-electron chi connectivity index (χ3n) is 4.19. The summed E-state index contributed by atoms with van der Waals surface area (Å²) in [5.74, 6) is -1.06. The zero-order valence-electron chi connectivity index (χ0n) is 13.9. The summed E-state index contributed by atoms with van der Waals surface area (Å²) < 4.78 is 10.3. The van der Waals surface area contributed by atoms with E-state index >= 15 is 0 Å². The van der Waals surface area contributed by atoms with E-state index in [0.29, 0.717) is 5.02 Å². The SMILES string of the molecule is CC(C)(C(=O)OCCO)C(C)(C)C(=O)OCc1ccc(Cl)cc1. The van der Waals surface area contributed by atoms with Gasteiger partial charge in [0, 0.05) is 5.02 Å². The molecule has 0 amide bonds. The summed E-state index contributed by atoms with van der Waals surface area (Å²) in [4.78, 5) is 24.6. The van der Waals surface area contributed by atoms with Crippen LogP contribution in [0.25, 0.3) is 0 Å². The maximum atomic E-state index is 12.4. The van der Waals surface area contributed by atoms with Crippen molar-refractivity contribution >= 4 is 23.5 Å². The smallest absolute Gasteiger partial charge is 0.312 e. The van der Waals surface area contributed by atoms with Gasteiger partial charge in [-0.1, -0.05) is 23.7 Å². The highest BCUT2D eigenvalue weighted by atomic mass is 35.5. The molecule has 128 valence electrons. The molecule has 1 aromatic rings. The first-order chi connectivity index (χ1) is 10.6. The molecule has 0 bridgehead atoms. The van der Waals surface area contributed by atoms with Gasteiger partial charge in [-0.15, -0.1) is 0 Å². The Balaban J connectivity index is 2.74. The minimum absolute atomic E-state index is 0.0984. The molecule has 0 saturated heterocycles. The number of aliphatic hydroxyl groups excluding tert-OH is 1. The number of benzene rings is 1. The van der Waals surface area contributed by atoms with E-state index in [9.17, 15) is 9.59 Å². The van der Waals surface area contributed by atoms with Crippen molar-refractivity contribution in [1.29, 1.82) is 0 Å². The van der Waals surface area contributed by atoms with Gasteiger partial charge < -0.3 is 14.6 Å². The van der Waals surface area contributed by atoms with Gasteiger partial charge in [0.1, 0.15) is 13.2 Å². The summed E-state index contributed by atoms with van der Waals surface area (Å²) >= 11 is 5.81. The average molecular weight is 343 g/mol. The van der Waals surface area contributed by atoms with Crippen LogP contribution in [0.15, 0.2) is 24.3 Å². The molecule has 1 aromatic carbocycles. The average Bonchev–Trinajstić information content (AvgIpc) is 2.51. The van der Waals surface area contributed by atoms with Gasteiger partial charge in [-0.2, -0.15) is 0 Å². The van der Waals surface area contributed by atoms with Gasteiger partial charge in [0.25, 0.3) is 0 Å². The van der Waals surface area contributed by atoms with Gasteiger partial charge in [-0.05, 0) is 45.4 Å². The Labute approximate surface area is 141 Å². The molecule has 0 spiro atoms. The van der Waals surface area contributed by atoms with Crippen LogP contribution >= 0.6 is 11.6 Å². The van der Waals surface area contributed by atoms with Crippen molar-refractivity contribution in [1.82, 2.24) is 0 Å². The molecule has 0 aliphatic carbocycles. The second kappa shape index (κ2) is 7.79. The molecule has 1 N–H and O–H groups in total. The molecule has 0 radical (unpaired) electrons. The number of ether oxygens (including phenoxy) is 2. The molecule has 0 aliphatic heterocycles. The lowest BCUT2D eigenvalue weighted by atomic mass is 9.68. The highest BCUT2D eigenvalue weighted by molar-refractivity contribution is 6.30. The van der Waals surface area contributed by atoms with Gasteiger partial charge in [0.15, 0.2) is 0 Å². The number of hydrogen-bond donors (Lipinski definition) is 1. The number of rotatable bonds is 7. The Hall–Kier alpha value is -1.59. The van der Waals surface area contributed by atoms with Crippen LogP contribution in [0, 0.1) is 10.8 Å². The zero-order chi connectivity index (χ0) is 17.7. The van der Waals surface area contributed by atoms with Crippen LogP contribution in [0.3, 0.4) is 0 Å². The summed E-state index contributed by atoms with van der Waals surface area (Å²) in [6, 6.07) is 6.96. The first-order valence-corrected chi connectivity index (χ1v) is 7.70. The van der Waals surface area contributed by atoms with Crippen molar-refractivity contribution in [2.24, 2.45) is 10.8 Å². The molecule has 0 aromatic heterocycles. The topological polar surface area (TPSA) is 72.8 Å². The minimum atomic E-state index is -1.10. The normalized spacial score (nSPS) is 11.9. The maximum Gasteiger partial charge on any atom is 0.312 e. The second-order valence-electron chi connectivity index (χ2n) is 6.31. The van der Waals surface area contributed by atoms with Crippen molar-refractivity contribution in [3.63, 3.8) is 0 Å². The number of aliphatic hydroxyl groups is 1. The van der Waals surface area contributed by atoms with E-state index in [0.717, 1.165) is 5.56 Å². The van der Waals surface area contributed by atoms with Crippen LogP contribution in [0.2, 0.25) is 5.02 Å². The Morgan fingerprint density at radius 3 is 1.96 bits per heavy atom. The predicted molar refractivity (Wildman–Crippen MR) is 86.9 cm³/mol. The van der Waals surface area contributed by atoms with Crippen LogP contribution < -0.4 is 0 Å². The number of hydrogen-bond acceptors (Lipinski definition) is 5. The van der Waals surface area contributed by atoms with Crippen molar-refractivity contribution in [2.75, 3.05) is 13.2 Å². The van der Waals surface area contributed by atoms with E-state index in [1.165, 1.54) is 0 Å². The predicted octanol–water partition coefficient (Wildman–Crippen LogP) is 2.97. The molecule has 0 fully saturated rings. The highest BCUT2D eigenvalue weighted by Crippen LogP contribution is 2.40. The van der Waals surface area contributed by atoms with Crippen molar-refractivity contribution in [2.45, 2.75) is 34.3 Å². The zero-order valence-corrected chi connectivity index (χ0v) is 14.6. The van der Waals surface area contributed by atoms with E-state index in [-0.39, 0.29) is 19.8 Å². The van der Waals surface area contributed by atoms with Crippen molar-refractivity contribution in [3.05, 3.63) is 34.9 Å². The van der Waals surface area contributed by atoms with Crippen LogP contribution in [-0.2, 0) is 25.7 Å². The molecule has 23 heavy (non-hydrogen) atoms. The lowest BCUT2D eigenvalue weighted by molar-refractivity contribution is -0.176. The number of halogens is 1. The Kier molecular flexibility index (Phi) is 6.59. The molecular formula is C17H23ClO5. The highest BCUT2D eigenvalue weighted by Gasteiger charge is 2.50. The summed E-state index contributed by atoms with van der Waals surface area (Å²) in [6.07, 6.45) is 0. The second-order valence-corrected chi connectivity index (χ2v) is 6.75. The van der Waals surface area contributed by atoms with E-state index in [2.05, 4.69) is 0 Å². The van der Waals surface area contributed by atoms with Gasteiger partial charge >= 0.3 is 11.9 Å². The third-order valence-corrected chi connectivity index (χ3v) is 4.44. The van der Waals surface area contributed by atoms with Crippen LogP contribution in [0.1, 0.15) is 33.3 Å². The summed E-state index contributed by atoms with van der Waals surface area (Å²) in [6.45, 7) is 6.25. The third kappa shape index (κ3) is 4.69. The fourth-order valence-corrected chi connectivity index (χ4v) is 1.86. The number of carbonyl (C=O) groups is 2. The molecule has 1 rings (SSSR count). The first kappa shape index (κ1) is 19.5. The van der Waals surface area contributed by atoms with E-state index in [1.54, 1.807) is 52.0 Å². The van der Waals surface area contributed by atoms with E-state index in [1.807, 2.05) is 0 Å². The standard InChI is InChI=1S/C17H23ClO5/c1-16(2,14(20)22-10-9-19)17(3,4)15(21)23-11-12-5-7-13(18)8-6-12/h5-8,19H,9-11H2,1-4H3. The van der Waals surface area contributed by atoms with Gasteiger partial charge in [-0.3, -0.25) is 9.59 Å². The number of esters is 2. The number of carbonyl (C=O) groups excluding carboxylic acids is 2. The van der Waals surface area contributed by atoms with Crippen molar-refractivity contribution < 1.29 is 24.2 Å². The Morgan fingerprint density at radius 1 is 1.00 bits per heavy atom. The quantitative estimate of drug-likeness (QED) is 0.771. The van der Waals surface area contributed by atoms with E-state index in [4.69, 9.17) is 26.2 Å². The molecule has 5 nitrogen and oxygen atoms in total. The van der Waals surface area contributed by atoms with Crippen molar-refractivity contribution in [3.8, 4) is 0 Å². The van der Waals surface area contributed by atoms with Gasteiger partial charge in [-0.25, -0.2) is 0 Å². The molecular weight excluding hydrogens is 320 g/mol. The first-order valence-electron chi connectivity index (χ1n) is 7.32. The summed E-state index contributed by atoms with van der Waals surface area (Å²) in [7, 11) is 0. The Bertz CT molecular complexity index is 549.